The Morgan fingerprint density at radius 2 is 1.28 bits per heavy atom. The number of nitrogens with zero attached hydrogens (tertiary/aromatic N) is 1. The third-order valence-corrected chi connectivity index (χ3v) is 4.61. The van der Waals surface area contributed by atoms with E-state index in [0.717, 1.165) is 25.2 Å². The molecule has 7 heteroatoms. The number of nitrogens with one attached hydrogen (secondary N) is 2. The van der Waals surface area contributed by atoms with Crippen molar-refractivity contribution in [1.82, 2.24) is 15.5 Å². The van der Waals surface area contributed by atoms with Gasteiger partial charge >= 0.3 is 0 Å². The van der Waals surface area contributed by atoms with Crippen molar-refractivity contribution in [3.8, 4) is 0 Å². The lowest BCUT2D eigenvalue weighted by molar-refractivity contribution is -0.117. The van der Waals surface area contributed by atoms with Crippen LogP contribution in [0.3, 0.4) is 0 Å². The predicted octanol–water partition coefficient (Wildman–Crippen LogP) is 1.67. The summed E-state index contributed by atoms with van der Waals surface area (Å²) >= 11 is 0. The van der Waals surface area contributed by atoms with Gasteiger partial charge in [-0.05, 0) is 48.5 Å². The maximum absolute atomic E-state index is 12.4. The molecule has 2 rings (SSSR count). The molecule has 0 saturated heterocycles. The van der Waals surface area contributed by atoms with Gasteiger partial charge in [0.05, 0.1) is 6.54 Å². The number of hydrogen-bond donors (Lipinski definition) is 3. The molecule has 2 aromatic rings. The van der Waals surface area contributed by atoms with Crippen molar-refractivity contribution >= 4 is 17.7 Å². The zero-order valence-electron chi connectivity index (χ0n) is 16.9. The van der Waals surface area contributed by atoms with Crippen molar-refractivity contribution < 1.29 is 14.4 Å². The van der Waals surface area contributed by atoms with E-state index in [1.807, 2.05) is 24.3 Å². The molecule has 2 aromatic carbocycles. The lowest BCUT2D eigenvalue weighted by atomic mass is 10.1. The molecular formula is C22H28N4O3. The highest BCUT2D eigenvalue weighted by Crippen LogP contribution is 2.09. The smallest absolute Gasteiger partial charge is 0.251 e. The molecule has 0 heterocycles. The van der Waals surface area contributed by atoms with Gasteiger partial charge in [0.15, 0.2) is 0 Å². The minimum absolute atomic E-state index is 0.150. The van der Waals surface area contributed by atoms with E-state index in [0.29, 0.717) is 17.7 Å². The summed E-state index contributed by atoms with van der Waals surface area (Å²) in [5.74, 6) is -1.12. The summed E-state index contributed by atoms with van der Waals surface area (Å²) < 4.78 is 0. The number of amides is 3. The second-order valence-electron chi connectivity index (χ2n) is 6.69. The number of rotatable bonds is 10. The van der Waals surface area contributed by atoms with Crippen LogP contribution in [0.1, 0.15) is 45.7 Å². The predicted molar refractivity (Wildman–Crippen MR) is 112 cm³/mol. The molecule has 0 spiro atoms. The Hall–Kier alpha value is -3.19. The Balaban J connectivity index is 1.87. The lowest BCUT2D eigenvalue weighted by Gasteiger charge is -2.18. The fourth-order valence-electron chi connectivity index (χ4n) is 2.79. The van der Waals surface area contributed by atoms with Gasteiger partial charge in [-0.25, -0.2) is 0 Å². The number of hydrogen-bond acceptors (Lipinski definition) is 4. The normalized spacial score (nSPS) is 10.6. The minimum atomic E-state index is -0.598. The van der Waals surface area contributed by atoms with Crippen LogP contribution in [0.2, 0.25) is 0 Å². The van der Waals surface area contributed by atoms with Gasteiger partial charge in [-0.2, -0.15) is 0 Å². The fourth-order valence-corrected chi connectivity index (χ4v) is 2.79. The third kappa shape index (κ3) is 7.04. The van der Waals surface area contributed by atoms with E-state index in [1.165, 1.54) is 5.56 Å². The van der Waals surface area contributed by atoms with Gasteiger partial charge in [-0.1, -0.05) is 38.1 Å². The largest absolute Gasteiger partial charge is 0.368 e. The average molecular weight is 396 g/mol. The van der Waals surface area contributed by atoms with Gasteiger partial charge in [0.1, 0.15) is 0 Å². The van der Waals surface area contributed by atoms with E-state index in [1.54, 1.807) is 24.3 Å². The molecule has 0 aromatic heterocycles. The monoisotopic (exact) mass is 396 g/mol. The molecule has 7 nitrogen and oxygen atoms in total. The molecule has 4 N–H and O–H groups in total. The van der Waals surface area contributed by atoms with Gasteiger partial charge in [-0.3, -0.25) is 19.3 Å². The maximum Gasteiger partial charge on any atom is 0.251 e. The quantitative estimate of drug-likeness (QED) is 0.568. The van der Waals surface area contributed by atoms with Crippen molar-refractivity contribution in [2.24, 2.45) is 5.73 Å². The first-order valence-electron chi connectivity index (χ1n) is 9.67. The van der Waals surface area contributed by atoms with Crippen molar-refractivity contribution in [1.29, 1.82) is 0 Å². The van der Waals surface area contributed by atoms with Gasteiger partial charge in [0.2, 0.25) is 5.91 Å². The van der Waals surface area contributed by atoms with Crippen LogP contribution >= 0.6 is 0 Å². The molecule has 0 bridgehead atoms. The summed E-state index contributed by atoms with van der Waals surface area (Å²) in [6.45, 7) is 7.26. The second kappa shape index (κ2) is 11.0. The highest BCUT2D eigenvalue weighted by atomic mass is 16.2. The van der Waals surface area contributed by atoms with Crippen molar-refractivity contribution in [3.05, 3.63) is 70.8 Å². The highest BCUT2D eigenvalue weighted by Gasteiger charge is 2.08. The van der Waals surface area contributed by atoms with Crippen LogP contribution in [0.5, 0.6) is 0 Å². The van der Waals surface area contributed by atoms with Crippen LogP contribution in [0.25, 0.3) is 0 Å². The molecule has 0 aliphatic rings. The van der Waals surface area contributed by atoms with Crippen LogP contribution in [0.15, 0.2) is 48.5 Å². The van der Waals surface area contributed by atoms with Gasteiger partial charge in [0.25, 0.3) is 11.8 Å². The summed E-state index contributed by atoms with van der Waals surface area (Å²) in [6.07, 6.45) is 0. The molecule has 0 saturated carbocycles. The highest BCUT2D eigenvalue weighted by molar-refractivity contribution is 5.96. The van der Waals surface area contributed by atoms with Crippen LogP contribution in [-0.4, -0.2) is 42.3 Å². The SMILES string of the molecule is CCN(CC)Cc1ccc(C(=O)NCc2ccc(C(=O)NCC(N)=O)cc2)cc1. The van der Waals surface area contributed by atoms with Crippen LogP contribution in [0.4, 0.5) is 0 Å². The van der Waals surface area contributed by atoms with Gasteiger partial charge in [0, 0.05) is 24.2 Å². The van der Waals surface area contributed by atoms with Gasteiger partial charge in [-0.15, -0.1) is 0 Å². The van der Waals surface area contributed by atoms with Crippen LogP contribution in [0, 0.1) is 0 Å². The topological polar surface area (TPSA) is 105 Å². The Kier molecular flexibility index (Phi) is 8.36. The Labute approximate surface area is 171 Å². The average Bonchev–Trinajstić information content (AvgIpc) is 2.74. The number of benzene rings is 2. The Morgan fingerprint density at radius 3 is 1.76 bits per heavy atom. The van der Waals surface area contributed by atoms with Crippen molar-refractivity contribution in [2.75, 3.05) is 19.6 Å². The van der Waals surface area contributed by atoms with Crippen molar-refractivity contribution in [3.63, 3.8) is 0 Å². The zero-order chi connectivity index (χ0) is 21.2. The Morgan fingerprint density at radius 1 is 0.793 bits per heavy atom. The van der Waals surface area contributed by atoms with E-state index in [9.17, 15) is 14.4 Å². The first kappa shape index (κ1) is 22.1. The third-order valence-electron chi connectivity index (χ3n) is 4.61. The number of primary amides is 1. The van der Waals surface area contributed by atoms with E-state index < -0.39 is 5.91 Å². The number of carbonyl (C=O) groups excluding carboxylic acids is 3. The maximum atomic E-state index is 12.4. The standard InChI is InChI=1S/C22H28N4O3/c1-3-26(4-2)15-17-7-11-19(12-8-17)21(28)24-13-16-5-9-18(10-6-16)22(29)25-14-20(23)27/h5-12H,3-4,13-15H2,1-2H3,(H2,23,27)(H,24,28)(H,25,29). The summed E-state index contributed by atoms with van der Waals surface area (Å²) in [7, 11) is 0. The molecule has 0 atom stereocenters. The van der Waals surface area contributed by atoms with Crippen LogP contribution in [-0.2, 0) is 17.9 Å². The molecule has 0 aliphatic heterocycles. The summed E-state index contributed by atoms with van der Waals surface area (Å²) in [5.41, 5.74) is 8.07. The molecule has 154 valence electrons. The molecule has 0 unspecified atom stereocenters. The van der Waals surface area contributed by atoms with E-state index in [4.69, 9.17) is 5.73 Å². The lowest BCUT2D eigenvalue weighted by Crippen LogP contribution is -2.33. The molecule has 0 aliphatic carbocycles. The van der Waals surface area contributed by atoms with Crippen LogP contribution < -0.4 is 16.4 Å². The first-order chi connectivity index (χ1) is 13.9. The van der Waals surface area contributed by atoms with E-state index >= 15 is 0 Å². The van der Waals surface area contributed by atoms with E-state index in [-0.39, 0.29) is 18.4 Å². The summed E-state index contributed by atoms with van der Waals surface area (Å²) in [5, 5.41) is 5.30. The molecular weight excluding hydrogens is 368 g/mol. The number of carbonyl (C=O) groups is 3. The van der Waals surface area contributed by atoms with Gasteiger partial charge < -0.3 is 16.4 Å². The molecule has 0 fully saturated rings. The van der Waals surface area contributed by atoms with E-state index in [2.05, 4.69) is 29.4 Å². The molecule has 29 heavy (non-hydrogen) atoms. The summed E-state index contributed by atoms with van der Waals surface area (Å²) in [6, 6.07) is 14.4. The first-order valence-corrected chi connectivity index (χ1v) is 9.67. The zero-order valence-corrected chi connectivity index (χ0v) is 16.9. The summed E-state index contributed by atoms with van der Waals surface area (Å²) in [4.78, 5) is 37.2. The number of nitrogens with two attached hydrogens (primary N) is 1. The fraction of sp³-hybridized carbons (Fsp3) is 0.318. The molecule has 3 amide bonds. The Bertz CT molecular complexity index is 828. The second-order valence-corrected chi connectivity index (χ2v) is 6.69. The molecule has 0 radical (unpaired) electrons. The minimum Gasteiger partial charge on any atom is -0.368 e. The van der Waals surface area contributed by atoms with Crippen molar-refractivity contribution in [2.45, 2.75) is 26.9 Å².